The number of carbonyl (C=O) groups is 2. The number of nitrogens with zero attached hydrogens (tertiary/aromatic N) is 1. The zero-order chi connectivity index (χ0) is 16.7. The Morgan fingerprint density at radius 2 is 1.83 bits per heavy atom. The second-order valence-corrected chi connectivity index (χ2v) is 6.03. The Balaban J connectivity index is 1.76. The standard InChI is InChI=1S/C18H26N2O3/c1-19-13-14-9-11-20(12-10-14)18(22)8-7-17(21)15-3-5-16(23-2)6-4-15/h3-6,14,19H,7-13H2,1-2H3. The summed E-state index contributed by atoms with van der Waals surface area (Å²) in [5.74, 6) is 1.48. The van der Waals surface area contributed by atoms with Crippen molar-refractivity contribution in [1.29, 1.82) is 0 Å². The Hall–Kier alpha value is -1.88. The Bertz CT molecular complexity index is 520. The van der Waals surface area contributed by atoms with E-state index in [-0.39, 0.29) is 18.1 Å². The number of methoxy groups -OCH3 is 1. The molecule has 1 aromatic carbocycles. The number of ether oxygens (including phenoxy) is 1. The van der Waals surface area contributed by atoms with Gasteiger partial charge in [-0.1, -0.05) is 0 Å². The molecule has 1 fully saturated rings. The number of piperidine rings is 1. The van der Waals surface area contributed by atoms with Crippen molar-refractivity contribution >= 4 is 11.7 Å². The molecule has 5 heteroatoms. The number of likely N-dealkylation sites (tertiary alicyclic amines) is 1. The zero-order valence-corrected chi connectivity index (χ0v) is 14.0. The second kappa shape index (κ2) is 8.67. The van der Waals surface area contributed by atoms with Gasteiger partial charge in [-0.2, -0.15) is 0 Å². The summed E-state index contributed by atoms with van der Waals surface area (Å²) in [5, 5.41) is 3.19. The van der Waals surface area contributed by atoms with E-state index in [4.69, 9.17) is 4.74 Å². The third-order valence-electron chi connectivity index (χ3n) is 4.44. The number of ketones is 1. The first-order valence-corrected chi connectivity index (χ1v) is 8.23. The summed E-state index contributed by atoms with van der Waals surface area (Å²) in [6, 6.07) is 7.02. The molecule has 1 aromatic rings. The maximum absolute atomic E-state index is 12.2. The fourth-order valence-electron chi connectivity index (χ4n) is 2.97. The van der Waals surface area contributed by atoms with Crippen molar-refractivity contribution in [1.82, 2.24) is 10.2 Å². The molecule has 126 valence electrons. The van der Waals surface area contributed by atoms with Crippen LogP contribution in [0.2, 0.25) is 0 Å². The van der Waals surface area contributed by atoms with Gasteiger partial charge in [0.15, 0.2) is 5.78 Å². The van der Waals surface area contributed by atoms with Crippen molar-refractivity contribution in [2.24, 2.45) is 5.92 Å². The average molecular weight is 318 g/mol. The minimum Gasteiger partial charge on any atom is -0.497 e. The lowest BCUT2D eigenvalue weighted by Gasteiger charge is -2.32. The number of hydrogen-bond donors (Lipinski definition) is 1. The highest BCUT2D eigenvalue weighted by atomic mass is 16.5. The molecular weight excluding hydrogens is 292 g/mol. The van der Waals surface area contributed by atoms with E-state index >= 15 is 0 Å². The molecule has 1 aliphatic rings. The number of benzene rings is 1. The van der Waals surface area contributed by atoms with Crippen LogP contribution in [-0.4, -0.2) is 50.4 Å². The molecule has 0 spiro atoms. The van der Waals surface area contributed by atoms with Crippen LogP contribution in [0, 0.1) is 5.92 Å². The molecule has 1 N–H and O–H groups in total. The fraction of sp³-hybridized carbons (Fsp3) is 0.556. The molecule has 2 rings (SSSR count). The van der Waals surface area contributed by atoms with E-state index in [1.165, 1.54) is 0 Å². The highest BCUT2D eigenvalue weighted by Gasteiger charge is 2.22. The van der Waals surface area contributed by atoms with Gasteiger partial charge in [-0.3, -0.25) is 9.59 Å². The highest BCUT2D eigenvalue weighted by Crippen LogP contribution is 2.18. The van der Waals surface area contributed by atoms with Gasteiger partial charge in [-0.25, -0.2) is 0 Å². The summed E-state index contributed by atoms with van der Waals surface area (Å²) >= 11 is 0. The lowest BCUT2D eigenvalue weighted by molar-refractivity contribution is -0.132. The van der Waals surface area contributed by atoms with Crippen LogP contribution in [0.15, 0.2) is 24.3 Å². The van der Waals surface area contributed by atoms with E-state index in [0.29, 0.717) is 17.9 Å². The van der Waals surface area contributed by atoms with Crippen LogP contribution in [0.5, 0.6) is 5.75 Å². The zero-order valence-electron chi connectivity index (χ0n) is 14.0. The molecule has 0 aliphatic carbocycles. The lowest BCUT2D eigenvalue weighted by Crippen LogP contribution is -2.40. The van der Waals surface area contributed by atoms with E-state index in [9.17, 15) is 9.59 Å². The molecule has 1 saturated heterocycles. The van der Waals surface area contributed by atoms with E-state index in [1.54, 1.807) is 31.4 Å². The van der Waals surface area contributed by atoms with Crippen molar-refractivity contribution in [3.05, 3.63) is 29.8 Å². The van der Waals surface area contributed by atoms with Crippen LogP contribution in [-0.2, 0) is 4.79 Å². The van der Waals surface area contributed by atoms with E-state index in [0.717, 1.165) is 38.2 Å². The van der Waals surface area contributed by atoms with Gasteiger partial charge in [0.25, 0.3) is 0 Å². The minimum atomic E-state index is 0.00562. The molecule has 0 atom stereocenters. The van der Waals surface area contributed by atoms with Gasteiger partial charge in [-0.15, -0.1) is 0 Å². The average Bonchev–Trinajstić information content (AvgIpc) is 2.60. The molecule has 1 amide bonds. The maximum Gasteiger partial charge on any atom is 0.223 e. The molecule has 0 unspecified atom stereocenters. The van der Waals surface area contributed by atoms with Gasteiger partial charge in [-0.05, 0) is 56.6 Å². The SMILES string of the molecule is CNCC1CCN(C(=O)CCC(=O)c2ccc(OC)cc2)CC1. The molecule has 0 saturated carbocycles. The van der Waals surface area contributed by atoms with Gasteiger partial charge in [0.1, 0.15) is 5.75 Å². The number of nitrogens with one attached hydrogen (secondary N) is 1. The Morgan fingerprint density at radius 1 is 1.17 bits per heavy atom. The van der Waals surface area contributed by atoms with E-state index < -0.39 is 0 Å². The van der Waals surface area contributed by atoms with Crippen LogP contribution in [0.3, 0.4) is 0 Å². The van der Waals surface area contributed by atoms with Crippen LogP contribution >= 0.6 is 0 Å². The van der Waals surface area contributed by atoms with Crippen molar-refractivity contribution < 1.29 is 14.3 Å². The first kappa shape index (κ1) is 17.5. The lowest BCUT2D eigenvalue weighted by atomic mass is 9.96. The normalized spacial score (nSPS) is 15.5. The first-order valence-electron chi connectivity index (χ1n) is 8.23. The van der Waals surface area contributed by atoms with Gasteiger partial charge in [0.05, 0.1) is 7.11 Å². The number of amides is 1. The van der Waals surface area contributed by atoms with Crippen LogP contribution < -0.4 is 10.1 Å². The number of Topliss-reactive ketones (excluding diaryl/α,β-unsaturated/α-hetero) is 1. The van der Waals surface area contributed by atoms with Crippen LogP contribution in [0.1, 0.15) is 36.0 Å². The molecule has 0 radical (unpaired) electrons. The molecule has 5 nitrogen and oxygen atoms in total. The molecule has 23 heavy (non-hydrogen) atoms. The predicted octanol–water partition coefficient (Wildman–Crippen LogP) is 2.12. The summed E-state index contributed by atoms with van der Waals surface area (Å²) in [5.41, 5.74) is 0.631. The van der Waals surface area contributed by atoms with Crippen LogP contribution in [0.4, 0.5) is 0 Å². The first-order chi connectivity index (χ1) is 11.1. The quantitative estimate of drug-likeness (QED) is 0.782. The number of carbonyl (C=O) groups excluding carboxylic acids is 2. The molecule has 0 bridgehead atoms. The van der Waals surface area contributed by atoms with Gasteiger partial charge in [0.2, 0.25) is 5.91 Å². The largest absolute Gasteiger partial charge is 0.497 e. The monoisotopic (exact) mass is 318 g/mol. The number of rotatable bonds is 7. The molecule has 1 heterocycles. The Morgan fingerprint density at radius 3 is 2.39 bits per heavy atom. The third-order valence-corrected chi connectivity index (χ3v) is 4.44. The summed E-state index contributed by atoms with van der Waals surface area (Å²) in [4.78, 5) is 26.3. The summed E-state index contributed by atoms with van der Waals surface area (Å²) < 4.78 is 5.08. The summed E-state index contributed by atoms with van der Waals surface area (Å²) in [6.07, 6.45) is 2.64. The topological polar surface area (TPSA) is 58.6 Å². The maximum atomic E-state index is 12.2. The fourth-order valence-corrected chi connectivity index (χ4v) is 2.97. The Labute approximate surface area is 138 Å². The van der Waals surface area contributed by atoms with Crippen molar-refractivity contribution in [3.63, 3.8) is 0 Å². The van der Waals surface area contributed by atoms with Crippen LogP contribution in [0.25, 0.3) is 0 Å². The van der Waals surface area contributed by atoms with E-state index in [2.05, 4.69) is 5.32 Å². The molecular formula is C18H26N2O3. The highest BCUT2D eigenvalue weighted by molar-refractivity contribution is 5.98. The van der Waals surface area contributed by atoms with Crippen molar-refractivity contribution in [2.75, 3.05) is 33.8 Å². The van der Waals surface area contributed by atoms with Crippen molar-refractivity contribution in [3.8, 4) is 5.75 Å². The molecule has 0 aromatic heterocycles. The summed E-state index contributed by atoms with van der Waals surface area (Å²) in [6.45, 7) is 2.63. The second-order valence-electron chi connectivity index (χ2n) is 6.03. The third kappa shape index (κ3) is 5.06. The van der Waals surface area contributed by atoms with E-state index in [1.807, 2.05) is 11.9 Å². The minimum absolute atomic E-state index is 0.00562. The van der Waals surface area contributed by atoms with Gasteiger partial charge < -0.3 is 15.0 Å². The van der Waals surface area contributed by atoms with Gasteiger partial charge >= 0.3 is 0 Å². The number of hydrogen-bond acceptors (Lipinski definition) is 4. The van der Waals surface area contributed by atoms with Crippen molar-refractivity contribution in [2.45, 2.75) is 25.7 Å². The Kier molecular flexibility index (Phi) is 6.59. The smallest absolute Gasteiger partial charge is 0.223 e. The predicted molar refractivity (Wildman–Crippen MR) is 89.8 cm³/mol. The molecule has 1 aliphatic heterocycles. The summed E-state index contributed by atoms with van der Waals surface area (Å²) in [7, 11) is 3.55. The van der Waals surface area contributed by atoms with Gasteiger partial charge in [0, 0.05) is 31.5 Å².